The van der Waals surface area contributed by atoms with Gasteiger partial charge in [0, 0.05) is 43.8 Å². The number of benzene rings is 2. The number of hydrogen-bond acceptors (Lipinski definition) is 7. The van der Waals surface area contributed by atoms with E-state index in [4.69, 9.17) is 27.9 Å². The van der Waals surface area contributed by atoms with E-state index in [9.17, 15) is 4.79 Å². The lowest BCUT2D eigenvalue weighted by Crippen LogP contribution is -2.44. The lowest BCUT2D eigenvalue weighted by Gasteiger charge is -2.34. The number of aromatic nitrogens is 2. The van der Waals surface area contributed by atoms with Gasteiger partial charge in [-0.3, -0.25) is 4.79 Å². The van der Waals surface area contributed by atoms with Crippen LogP contribution in [0.2, 0.25) is 10.0 Å². The molecular formula is C25H26Cl2N6O2. The highest BCUT2D eigenvalue weighted by Gasteiger charge is 2.28. The maximum Gasteiger partial charge on any atom is 0.262 e. The number of nitrogens with zero attached hydrogens (tertiary/aromatic N) is 4. The van der Waals surface area contributed by atoms with Crippen molar-refractivity contribution in [1.82, 2.24) is 14.9 Å². The largest absolute Gasteiger partial charge is 0.474 e. The third-order valence-corrected chi connectivity index (χ3v) is 6.62. The second-order valence-electron chi connectivity index (χ2n) is 8.74. The first-order valence-electron chi connectivity index (χ1n) is 11.6. The Labute approximate surface area is 214 Å². The molecular weight excluding hydrogens is 487 g/mol. The van der Waals surface area contributed by atoms with Gasteiger partial charge in [0.15, 0.2) is 0 Å². The van der Waals surface area contributed by atoms with Gasteiger partial charge >= 0.3 is 0 Å². The number of anilines is 4. The van der Waals surface area contributed by atoms with E-state index in [0.717, 1.165) is 44.7 Å². The molecule has 2 aromatic carbocycles. The molecule has 10 heteroatoms. The Morgan fingerprint density at radius 1 is 1.03 bits per heavy atom. The number of nitrogens with one attached hydrogen (secondary N) is 2. The fourth-order valence-electron chi connectivity index (χ4n) is 3.76. The number of halogens is 2. The number of hydrogen-bond donors (Lipinski definition) is 2. The van der Waals surface area contributed by atoms with Crippen molar-refractivity contribution in [1.29, 1.82) is 0 Å². The molecule has 5 rings (SSSR count). The molecule has 2 N–H and O–H groups in total. The number of carbonyl (C=O) groups is 1. The highest BCUT2D eigenvalue weighted by Crippen LogP contribution is 2.32. The minimum absolute atomic E-state index is 0.0519. The van der Waals surface area contributed by atoms with Crippen molar-refractivity contribution in [3.63, 3.8) is 0 Å². The molecule has 1 amide bonds. The zero-order valence-corrected chi connectivity index (χ0v) is 20.8. The van der Waals surface area contributed by atoms with Crippen LogP contribution < -0.4 is 20.3 Å². The van der Waals surface area contributed by atoms with Crippen molar-refractivity contribution in [3.8, 4) is 5.88 Å². The predicted molar refractivity (Wildman–Crippen MR) is 140 cm³/mol. The van der Waals surface area contributed by atoms with E-state index in [1.165, 1.54) is 11.9 Å². The molecule has 8 nitrogen and oxygen atoms in total. The fourth-order valence-corrected chi connectivity index (χ4v) is 4.26. The predicted octanol–water partition coefficient (Wildman–Crippen LogP) is 5.07. The Balaban J connectivity index is 1.32. The number of piperazine rings is 1. The smallest absolute Gasteiger partial charge is 0.262 e. The SMILES string of the molecule is CN1CCN(c2ccc(Nc3ncc(C(=O)Nc4c(Cl)cccc4Cl)c(OC4CC4)n3)cc2)CC1. The highest BCUT2D eigenvalue weighted by atomic mass is 35.5. The van der Waals surface area contributed by atoms with Gasteiger partial charge in [0.05, 0.1) is 15.7 Å². The van der Waals surface area contributed by atoms with Crippen molar-refractivity contribution in [3.05, 3.63) is 64.3 Å². The van der Waals surface area contributed by atoms with Crippen LogP contribution >= 0.6 is 23.2 Å². The van der Waals surface area contributed by atoms with E-state index >= 15 is 0 Å². The maximum absolute atomic E-state index is 13.0. The molecule has 1 aliphatic heterocycles. The number of carbonyl (C=O) groups excluding carboxylic acids is 1. The summed E-state index contributed by atoms with van der Waals surface area (Å²) >= 11 is 12.4. The molecule has 2 fully saturated rings. The van der Waals surface area contributed by atoms with Gasteiger partial charge in [-0.15, -0.1) is 0 Å². The van der Waals surface area contributed by atoms with Gasteiger partial charge in [-0.05, 0) is 56.3 Å². The van der Waals surface area contributed by atoms with Crippen LogP contribution in [0, 0.1) is 0 Å². The van der Waals surface area contributed by atoms with E-state index in [1.807, 2.05) is 12.1 Å². The van der Waals surface area contributed by atoms with E-state index in [0.29, 0.717) is 21.7 Å². The standard InChI is InChI=1S/C25H26Cl2N6O2/c1-32-11-13-33(14-12-32)17-7-5-16(6-8-17)29-25-28-15-19(24(31-25)35-18-9-10-18)23(34)30-22-20(26)3-2-4-21(22)27/h2-8,15,18H,9-14H2,1H3,(H,30,34)(H,28,29,31). The minimum Gasteiger partial charge on any atom is -0.474 e. The van der Waals surface area contributed by atoms with Crippen LogP contribution in [0.5, 0.6) is 5.88 Å². The van der Waals surface area contributed by atoms with E-state index in [1.54, 1.807) is 18.2 Å². The van der Waals surface area contributed by atoms with E-state index < -0.39 is 5.91 Å². The lowest BCUT2D eigenvalue weighted by molar-refractivity contribution is 0.102. The summed E-state index contributed by atoms with van der Waals surface area (Å²) in [6.45, 7) is 4.13. The Hall–Kier alpha value is -3.07. The molecule has 0 radical (unpaired) electrons. The Kier molecular flexibility index (Phi) is 6.95. The van der Waals surface area contributed by atoms with Crippen LogP contribution in [0.15, 0.2) is 48.7 Å². The number of para-hydroxylation sites is 1. The van der Waals surface area contributed by atoms with Gasteiger partial charge < -0.3 is 25.2 Å². The molecule has 0 atom stereocenters. The van der Waals surface area contributed by atoms with Crippen molar-refractivity contribution in [2.24, 2.45) is 0 Å². The molecule has 0 bridgehead atoms. The molecule has 182 valence electrons. The molecule has 1 saturated heterocycles. The van der Waals surface area contributed by atoms with Gasteiger partial charge in [-0.1, -0.05) is 29.3 Å². The molecule has 2 heterocycles. The summed E-state index contributed by atoms with van der Waals surface area (Å²) in [5.41, 5.74) is 2.58. The quantitative estimate of drug-likeness (QED) is 0.457. The average Bonchev–Trinajstić information content (AvgIpc) is 3.67. The van der Waals surface area contributed by atoms with Gasteiger partial charge in [0.25, 0.3) is 5.91 Å². The second-order valence-corrected chi connectivity index (χ2v) is 9.56. The zero-order chi connectivity index (χ0) is 24.4. The summed E-state index contributed by atoms with van der Waals surface area (Å²) < 4.78 is 5.93. The summed E-state index contributed by atoms with van der Waals surface area (Å²) in [6, 6.07) is 13.2. The Morgan fingerprint density at radius 2 is 1.71 bits per heavy atom. The van der Waals surface area contributed by atoms with E-state index in [2.05, 4.69) is 49.6 Å². The second kappa shape index (κ2) is 10.3. The molecule has 0 spiro atoms. The van der Waals surface area contributed by atoms with Gasteiger partial charge in [-0.25, -0.2) is 4.98 Å². The normalized spacial score (nSPS) is 16.1. The van der Waals surface area contributed by atoms with Gasteiger partial charge in [0.1, 0.15) is 11.7 Å². The van der Waals surface area contributed by atoms with Crippen LogP contribution in [0.1, 0.15) is 23.2 Å². The van der Waals surface area contributed by atoms with Crippen LogP contribution in [0.25, 0.3) is 0 Å². The molecule has 35 heavy (non-hydrogen) atoms. The number of rotatable bonds is 7. The first-order chi connectivity index (χ1) is 17.0. The fraction of sp³-hybridized carbons (Fsp3) is 0.320. The average molecular weight is 513 g/mol. The third kappa shape index (κ3) is 5.78. The molecule has 3 aromatic rings. The molecule has 0 unspecified atom stereocenters. The van der Waals surface area contributed by atoms with Crippen molar-refractivity contribution < 1.29 is 9.53 Å². The monoisotopic (exact) mass is 512 g/mol. The minimum atomic E-state index is -0.446. The third-order valence-electron chi connectivity index (χ3n) is 5.99. The summed E-state index contributed by atoms with van der Waals surface area (Å²) in [4.78, 5) is 26.5. The molecule has 1 aromatic heterocycles. The van der Waals surface area contributed by atoms with E-state index in [-0.39, 0.29) is 17.5 Å². The molecule has 2 aliphatic rings. The van der Waals surface area contributed by atoms with Crippen LogP contribution in [0.4, 0.5) is 23.0 Å². The summed E-state index contributed by atoms with van der Waals surface area (Å²) in [5.74, 6) is 0.124. The molecule has 1 aliphatic carbocycles. The topological polar surface area (TPSA) is 82.6 Å². The van der Waals surface area contributed by atoms with Gasteiger partial charge in [-0.2, -0.15) is 4.98 Å². The van der Waals surface area contributed by atoms with Crippen LogP contribution in [-0.4, -0.2) is 60.1 Å². The summed E-state index contributed by atoms with van der Waals surface area (Å²) in [6.07, 6.45) is 3.36. The summed E-state index contributed by atoms with van der Waals surface area (Å²) in [5, 5.41) is 6.64. The Bertz CT molecular complexity index is 1190. The Morgan fingerprint density at radius 3 is 2.37 bits per heavy atom. The van der Waals surface area contributed by atoms with Crippen molar-refractivity contribution >= 4 is 52.1 Å². The first kappa shape index (κ1) is 23.7. The van der Waals surface area contributed by atoms with Crippen molar-refractivity contribution in [2.75, 3.05) is 48.8 Å². The summed E-state index contributed by atoms with van der Waals surface area (Å²) in [7, 11) is 2.15. The first-order valence-corrected chi connectivity index (χ1v) is 12.3. The number of likely N-dealkylation sites (N-methyl/N-ethyl adjacent to an activating group) is 1. The van der Waals surface area contributed by atoms with Gasteiger partial charge in [0.2, 0.25) is 11.8 Å². The van der Waals surface area contributed by atoms with Crippen molar-refractivity contribution in [2.45, 2.75) is 18.9 Å². The number of ether oxygens (including phenoxy) is 1. The number of amides is 1. The highest BCUT2D eigenvalue weighted by molar-refractivity contribution is 6.40. The lowest BCUT2D eigenvalue weighted by atomic mass is 10.2. The maximum atomic E-state index is 13.0. The van der Waals surface area contributed by atoms with Crippen LogP contribution in [-0.2, 0) is 0 Å². The van der Waals surface area contributed by atoms with Crippen LogP contribution in [0.3, 0.4) is 0 Å². The zero-order valence-electron chi connectivity index (χ0n) is 19.3. The molecule has 1 saturated carbocycles.